The van der Waals surface area contributed by atoms with E-state index in [1.54, 1.807) is 0 Å². The number of aromatic nitrogens is 2. The zero-order chi connectivity index (χ0) is 12.3. The third-order valence-corrected chi connectivity index (χ3v) is 4.34. The number of hydrogen-bond acceptors (Lipinski definition) is 1. The van der Waals surface area contributed by atoms with E-state index >= 15 is 0 Å². The summed E-state index contributed by atoms with van der Waals surface area (Å²) >= 11 is 0. The lowest BCUT2D eigenvalue weighted by molar-refractivity contribution is 0.285. The van der Waals surface area contributed by atoms with Crippen LogP contribution in [0.4, 0.5) is 0 Å². The summed E-state index contributed by atoms with van der Waals surface area (Å²) in [4.78, 5) is 0. The monoisotopic (exact) mass is 234 g/mol. The maximum atomic E-state index is 4.57. The van der Waals surface area contributed by atoms with Gasteiger partial charge in [0.1, 0.15) is 0 Å². The van der Waals surface area contributed by atoms with Gasteiger partial charge in [0.25, 0.3) is 0 Å². The summed E-state index contributed by atoms with van der Waals surface area (Å²) in [5.41, 5.74) is 2.77. The normalized spacial score (nSPS) is 19.5. The second-order valence-corrected chi connectivity index (χ2v) is 5.64. The summed E-state index contributed by atoms with van der Waals surface area (Å²) in [5.74, 6) is 0.937. The standard InChI is InChI=1S/C15H26N2/c1-4-15-11-16-17(13(15)3)12(2)10-14-8-6-5-7-9-14/h11-12,14H,4-10H2,1-3H3. The van der Waals surface area contributed by atoms with Crippen molar-refractivity contribution in [3.05, 3.63) is 17.5 Å². The van der Waals surface area contributed by atoms with Crippen LogP contribution in [0.15, 0.2) is 6.20 Å². The van der Waals surface area contributed by atoms with Crippen molar-refractivity contribution < 1.29 is 0 Å². The molecule has 0 N–H and O–H groups in total. The van der Waals surface area contributed by atoms with Gasteiger partial charge >= 0.3 is 0 Å². The minimum absolute atomic E-state index is 0.568. The molecule has 1 fully saturated rings. The number of rotatable bonds is 4. The van der Waals surface area contributed by atoms with E-state index in [2.05, 4.69) is 30.6 Å². The van der Waals surface area contributed by atoms with Gasteiger partial charge < -0.3 is 0 Å². The fraction of sp³-hybridized carbons (Fsp3) is 0.800. The van der Waals surface area contributed by atoms with E-state index in [1.165, 1.54) is 49.8 Å². The van der Waals surface area contributed by atoms with Gasteiger partial charge in [-0.25, -0.2) is 0 Å². The summed E-state index contributed by atoms with van der Waals surface area (Å²) < 4.78 is 2.24. The van der Waals surface area contributed by atoms with Crippen molar-refractivity contribution in [3.8, 4) is 0 Å². The van der Waals surface area contributed by atoms with Crippen LogP contribution >= 0.6 is 0 Å². The Balaban J connectivity index is 1.98. The second kappa shape index (κ2) is 5.70. The van der Waals surface area contributed by atoms with Crippen molar-refractivity contribution in [2.75, 3.05) is 0 Å². The molecule has 2 rings (SSSR count). The van der Waals surface area contributed by atoms with Gasteiger partial charge in [0.2, 0.25) is 0 Å². The highest BCUT2D eigenvalue weighted by Crippen LogP contribution is 2.31. The average Bonchev–Trinajstić information content (AvgIpc) is 2.71. The van der Waals surface area contributed by atoms with Gasteiger partial charge in [0, 0.05) is 11.7 Å². The molecule has 0 spiro atoms. The molecule has 1 saturated carbocycles. The Labute approximate surface area is 105 Å². The molecule has 1 unspecified atom stereocenters. The third kappa shape index (κ3) is 2.91. The van der Waals surface area contributed by atoms with Crippen LogP contribution in [0.2, 0.25) is 0 Å². The first-order chi connectivity index (χ1) is 8.22. The number of aryl methyl sites for hydroxylation is 1. The Morgan fingerprint density at radius 2 is 2.06 bits per heavy atom. The lowest BCUT2D eigenvalue weighted by Gasteiger charge is -2.25. The predicted molar refractivity (Wildman–Crippen MR) is 72.2 cm³/mol. The molecule has 0 radical (unpaired) electrons. The highest BCUT2D eigenvalue weighted by molar-refractivity contribution is 5.16. The molecular formula is C15H26N2. The van der Waals surface area contributed by atoms with Crippen molar-refractivity contribution in [1.29, 1.82) is 0 Å². The Kier molecular flexibility index (Phi) is 4.25. The largest absolute Gasteiger partial charge is 0.267 e. The third-order valence-electron chi connectivity index (χ3n) is 4.34. The number of nitrogens with zero attached hydrogens (tertiary/aromatic N) is 2. The van der Waals surface area contributed by atoms with Gasteiger partial charge in [-0.2, -0.15) is 5.10 Å². The Bertz CT molecular complexity index is 348. The Morgan fingerprint density at radius 3 is 2.65 bits per heavy atom. The highest BCUT2D eigenvalue weighted by Gasteiger charge is 2.19. The molecule has 2 nitrogen and oxygen atoms in total. The van der Waals surface area contributed by atoms with Crippen LogP contribution in [0.3, 0.4) is 0 Å². The van der Waals surface area contributed by atoms with Crippen molar-refractivity contribution >= 4 is 0 Å². The molecule has 1 aliphatic carbocycles. The summed E-state index contributed by atoms with van der Waals surface area (Å²) in [6, 6.07) is 0.568. The van der Waals surface area contributed by atoms with E-state index in [-0.39, 0.29) is 0 Å². The zero-order valence-corrected chi connectivity index (χ0v) is 11.6. The second-order valence-electron chi connectivity index (χ2n) is 5.64. The zero-order valence-electron chi connectivity index (χ0n) is 11.6. The maximum absolute atomic E-state index is 4.57. The van der Waals surface area contributed by atoms with Gasteiger partial charge in [-0.15, -0.1) is 0 Å². The molecule has 0 aliphatic heterocycles. The fourth-order valence-electron chi connectivity index (χ4n) is 3.26. The van der Waals surface area contributed by atoms with E-state index < -0.39 is 0 Å². The van der Waals surface area contributed by atoms with Gasteiger partial charge in [0.15, 0.2) is 0 Å². The molecular weight excluding hydrogens is 208 g/mol. The molecule has 0 amide bonds. The summed E-state index contributed by atoms with van der Waals surface area (Å²) in [5, 5.41) is 4.57. The molecule has 17 heavy (non-hydrogen) atoms. The highest BCUT2D eigenvalue weighted by atomic mass is 15.3. The summed E-state index contributed by atoms with van der Waals surface area (Å²) in [6.45, 7) is 6.75. The van der Waals surface area contributed by atoms with Crippen molar-refractivity contribution in [1.82, 2.24) is 9.78 Å². The lowest BCUT2D eigenvalue weighted by atomic mass is 9.85. The molecule has 1 atom stereocenters. The van der Waals surface area contributed by atoms with Crippen LogP contribution in [0.1, 0.15) is 69.7 Å². The van der Waals surface area contributed by atoms with Gasteiger partial charge in [-0.1, -0.05) is 39.0 Å². The quantitative estimate of drug-likeness (QED) is 0.760. The molecule has 1 aromatic heterocycles. The molecule has 0 bridgehead atoms. The van der Waals surface area contributed by atoms with Crippen LogP contribution < -0.4 is 0 Å². The smallest absolute Gasteiger partial charge is 0.0524 e. The molecule has 96 valence electrons. The topological polar surface area (TPSA) is 17.8 Å². The van der Waals surface area contributed by atoms with Gasteiger partial charge in [-0.3, -0.25) is 4.68 Å². The fourth-order valence-corrected chi connectivity index (χ4v) is 3.26. The maximum Gasteiger partial charge on any atom is 0.0524 e. The van der Waals surface area contributed by atoms with Crippen LogP contribution in [0.25, 0.3) is 0 Å². The lowest BCUT2D eigenvalue weighted by Crippen LogP contribution is -2.15. The predicted octanol–water partition coefficient (Wildman–Crippen LogP) is 4.29. The first-order valence-corrected chi connectivity index (χ1v) is 7.25. The van der Waals surface area contributed by atoms with E-state index in [4.69, 9.17) is 0 Å². The van der Waals surface area contributed by atoms with Crippen molar-refractivity contribution in [2.24, 2.45) is 5.92 Å². The van der Waals surface area contributed by atoms with Crippen molar-refractivity contribution in [3.63, 3.8) is 0 Å². The summed E-state index contributed by atoms with van der Waals surface area (Å²) in [6.07, 6.45) is 11.7. The minimum Gasteiger partial charge on any atom is -0.267 e. The van der Waals surface area contributed by atoms with Gasteiger partial charge in [-0.05, 0) is 38.2 Å². The molecule has 1 heterocycles. The van der Waals surface area contributed by atoms with Crippen LogP contribution in [-0.4, -0.2) is 9.78 Å². The van der Waals surface area contributed by atoms with E-state index in [1.807, 2.05) is 6.20 Å². The van der Waals surface area contributed by atoms with E-state index in [0.29, 0.717) is 6.04 Å². The minimum atomic E-state index is 0.568. The number of hydrogen-bond donors (Lipinski definition) is 0. The molecule has 0 saturated heterocycles. The SMILES string of the molecule is CCc1cnn(C(C)CC2CCCCC2)c1C. The van der Waals surface area contributed by atoms with Crippen molar-refractivity contribution in [2.45, 2.75) is 71.8 Å². The molecule has 0 aromatic carbocycles. The van der Waals surface area contributed by atoms with Crippen LogP contribution in [0, 0.1) is 12.8 Å². The Morgan fingerprint density at radius 1 is 1.35 bits per heavy atom. The molecule has 2 heteroatoms. The first kappa shape index (κ1) is 12.7. The van der Waals surface area contributed by atoms with E-state index in [0.717, 1.165) is 12.3 Å². The molecule has 1 aromatic rings. The molecule has 1 aliphatic rings. The van der Waals surface area contributed by atoms with Gasteiger partial charge in [0.05, 0.1) is 6.20 Å². The van der Waals surface area contributed by atoms with Crippen LogP contribution in [0.5, 0.6) is 0 Å². The van der Waals surface area contributed by atoms with E-state index in [9.17, 15) is 0 Å². The first-order valence-electron chi connectivity index (χ1n) is 7.25. The average molecular weight is 234 g/mol. The van der Waals surface area contributed by atoms with Crippen LogP contribution in [-0.2, 0) is 6.42 Å². The Hall–Kier alpha value is -0.790. The summed E-state index contributed by atoms with van der Waals surface area (Å²) in [7, 11) is 0.